The zero-order chi connectivity index (χ0) is 15.4. The minimum Gasteiger partial charge on any atom is -0.332 e. The van der Waals surface area contributed by atoms with E-state index in [2.05, 4.69) is 9.97 Å². The number of alkyl halides is 1. The minimum absolute atomic E-state index is 0.178. The summed E-state index contributed by atoms with van der Waals surface area (Å²) in [5.41, 5.74) is 1.57. The van der Waals surface area contributed by atoms with Crippen LogP contribution in [0.25, 0.3) is 0 Å². The van der Waals surface area contributed by atoms with Gasteiger partial charge in [-0.2, -0.15) is 0 Å². The normalized spacial score (nSPS) is 13.5. The number of hydrogen-bond donors (Lipinski definition) is 0. The van der Waals surface area contributed by atoms with Crippen LogP contribution < -0.4 is 0 Å². The quantitative estimate of drug-likeness (QED) is 0.811. The monoisotopic (exact) mass is 323 g/mol. The van der Waals surface area contributed by atoms with Gasteiger partial charge < -0.3 is 4.90 Å². The summed E-state index contributed by atoms with van der Waals surface area (Å²) in [7, 11) is 1.70. The van der Waals surface area contributed by atoms with Crippen LogP contribution in [0.3, 0.4) is 0 Å². The molecule has 0 saturated carbocycles. The molecule has 0 bridgehead atoms. The summed E-state index contributed by atoms with van der Waals surface area (Å²) in [5, 5.41) is 0.0257. The van der Waals surface area contributed by atoms with Gasteiger partial charge in [0.05, 0.1) is 11.9 Å². The molecule has 0 aliphatic carbocycles. The highest BCUT2D eigenvalue weighted by Gasteiger charge is 2.27. The van der Waals surface area contributed by atoms with Crippen molar-refractivity contribution < 1.29 is 4.79 Å². The molecule has 2 aromatic rings. The smallest absolute Gasteiger partial charge is 0.240 e. The number of nitrogens with zero attached hydrogens (tertiary/aromatic N) is 3. The van der Waals surface area contributed by atoms with Crippen LogP contribution in [-0.4, -0.2) is 33.2 Å². The third kappa shape index (κ3) is 3.71. The van der Waals surface area contributed by atoms with Crippen LogP contribution in [0.5, 0.6) is 0 Å². The third-order valence-corrected chi connectivity index (χ3v) is 3.56. The molecule has 1 heterocycles. The van der Waals surface area contributed by atoms with Gasteiger partial charge in [0.25, 0.3) is 0 Å². The lowest BCUT2D eigenvalue weighted by Crippen LogP contribution is -2.36. The van der Waals surface area contributed by atoms with Crippen molar-refractivity contribution >= 4 is 29.1 Å². The first-order valence-electron chi connectivity index (χ1n) is 6.43. The number of benzene rings is 1. The predicted molar refractivity (Wildman–Crippen MR) is 83.4 cm³/mol. The van der Waals surface area contributed by atoms with Crippen molar-refractivity contribution in [2.75, 3.05) is 7.05 Å². The van der Waals surface area contributed by atoms with Crippen LogP contribution >= 0.6 is 23.2 Å². The Morgan fingerprint density at radius 2 is 1.90 bits per heavy atom. The molecule has 0 spiro atoms. The van der Waals surface area contributed by atoms with Crippen molar-refractivity contribution in [1.82, 2.24) is 14.9 Å². The maximum Gasteiger partial charge on any atom is 0.240 e. The van der Waals surface area contributed by atoms with Gasteiger partial charge in [-0.05, 0) is 24.6 Å². The fraction of sp³-hybridized carbons (Fsp3) is 0.267. The Kier molecular flexibility index (Phi) is 5.15. The van der Waals surface area contributed by atoms with Crippen molar-refractivity contribution in [2.45, 2.75) is 18.3 Å². The SMILES string of the molecule is CC(Cl)C(=O)N(C)C(c1ccc(Cl)cc1)c1cnccn1. The zero-order valence-electron chi connectivity index (χ0n) is 11.7. The Balaban J connectivity index is 2.44. The van der Waals surface area contributed by atoms with Crippen molar-refractivity contribution in [2.24, 2.45) is 0 Å². The standard InChI is InChI=1S/C15H15Cl2N3O/c1-10(16)15(21)20(2)14(13-9-18-7-8-19-13)11-3-5-12(17)6-4-11/h3-10,14H,1-2H3. The molecule has 0 radical (unpaired) electrons. The molecular formula is C15H15Cl2N3O. The molecule has 6 heteroatoms. The summed E-state index contributed by atoms with van der Waals surface area (Å²) >= 11 is 11.8. The number of amides is 1. The average molecular weight is 324 g/mol. The molecule has 0 saturated heterocycles. The first-order valence-corrected chi connectivity index (χ1v) is 7.24. The molecule has 2 unspecified atom stereocenters. The van der Waals surface area contributed by atoms with E-state index in [0.29, 0.717) is 10.7 Å². The van der Waals surface area contributed by atoms with Crippen molar-refractivity contribution in [3.8, 4) is 0 Å². The van der Waals surface area contributed by atoms with Crippen LogP contribution in [0, 0.1) is 0 Å². The molecule has 21 heavy (non-hydrogen) atoms. The first kappa shape index (κ1) is 15.7. The highest BCUT2D eigenvalue weighted by Crippen LogP contribution is 2.27. The molecule has 2 rings (SSSR count). The lowest BCUT2D eigenvalue weighted by Gasteiger charge is -2.29. The van der Waals surface area contributed by atoms with E-state index in [-0.39, 0.29) is 11.9 Å². The van der Waals surface area contributed by atoms with E-state index in [1.165, 1.54) is 0 Å². The Morgan fingerprint density at radius 1 is 1.24 bits per heavy atom. The van der Waals surface area contributed by atoms with Crippen LogP contribution in [0.2, 0.25) is 5.02 Å². The largest absolute Gasteiger partial charge is 0.332 e. The number of carbonyl (C=O) groups is 1. The fourth-order valence-electron chi connectivity index (χ4n) is 2.10. The molecule has 4 nitrogen and oxygen atoms in total. The lowest BCUT2D eigenvalue weighted by atomic mass is 10.0. The maximum absolute atomic E-state index is 12.2. The molecule has 110 valence electrons. The summed E-state index contributed by atoms with van der Waals surface area (Å²) in [6.07, 6.45) is 4.83. The topological polar surface area (TPSA) is 46.1 Å². The van der Waals surface area contributed by atoms with Gasteiger partial charge in [-0.3, -0.25) is 14.8 Å². The molecule has 0 fully saturated rings. The van der Waals surface area contributed by atoms with E-state index in [9.17, 15) is 4.79 Å². The number of aromatic nitrogens is 2. The number of hydrogen-bond acceptors (Lipinski definition) is 3. The zero-order valence-corrected chi connectivity index (χ0v) is 13.2. The van der Waals surface area contributed by atoms with Gasteiger partial charge in [0.2, 0.25) is 5.91 Å². The van der Waals surface area contributed by atoms with E-state index >= 15 is 0 Å². The van der Waals surface area contributed by atoms with Gasteiger partial charge in [0, 0.05) is 24.5 Å². The highest BCUT2D eigenvalue weighted by molar-refractivity contribution is 6.30. The molecule has 1 amide bonds. The van der Waals surface area contributed by atoms with E-state index < -0.39 is 5.38 Å². The summed E-state index contributed by atoms with van der Waals surface area (Å²) in [5.74, 6) is -0.178. The van der Waals surface area contributed by atoms with Crippen LogP contribution in [0.15, 0.2) is 42.9 Å². The number of rotatable bonds is 4. The van der Waals surface area contributed by atoms with E-state index in [1.54, 1.807) is 49.6 Å². The molecule has 2 atom stereocenters. The van der Waals surface area contributed by atoms with Gasteiger partial charge in [-0.1, -0.05) is 23.7 Å². The van der Waals surface area contributed by atoms with Gasteiger partial charge in [0.1, 0.15) is 11.4 Å². The fourth-order valence-corrected chi connectivity index (χ4v) is 2.38. The van der Waals surface area contributed by atoms with E-state index in [4.69, 9.17) is 23.2 Å². The van der Waals surface area contributed by atoms with Crippen molar-refractivity contribution in [1.29, 1.82) is 0 Å². The van der Waals surface area contributed by atoms with Crippen LogP contribution in [-0.2, 0) is 4.79 Å². The van der Waals surface area contributed by atoms with Crippen molar-refractivity contribution in [3.63, 3.8) is 0 Å². The Morgan fingerprint density at radius 3 is 2.43 bits per heavy atom. The summed E-state index contributed by atoms with van der Waals surface area (Å²) in [4.78, 5) is 22.2. The van der Waals surface area contributed by atoms with Crippen molar-refractivity contribution in [3.05, 3.63) is 59.1 Å². The van der Waals surface area contributed by atoms with Gasteiger partial charge in [-0.15, -0.1) is 11.6 Å². The van der Waals surface area contributed by atoms with Gasteiger partial charge in [-0.25, -0.2) is 0 Å². The summed E-state index contributed by atoms with van der Waals surface area (Å²) in [6.45, 7) is 1.65. The molecule has 0 aliphatic rings. The summed E-state index contributed by atoms with van der Waals surface area (Å²) < 4.78 is 0. The molecule has 1 aromatic heterocycles. The second-order valence-electron chi connectivity index (χ2n) is 4.65. The highest BCUT2D eigenvalue weighted by atomic mass is 35.5. The second-order valence-corrected chi connectivity index (χ2v) is 5.74. The maximum atomic E-state index is 12.2. The number of halogens is 2. The van der Waals surface area contributed by atoms with Gasteiger partial charge in [0.15, 0.2) is 0 Å². The molecular weight excluding hydrogens is 309 g/mol. The minimum atomic E-state index is -0.610. The third-order valence-electron chi connectivity index (χ3n) is 3.12. The molecule has 1 aromatic carbocycles. The van der Waals surface area contributed by atoms with E-state index in [0.717, 1.165) is 5.56 Å². The number of carbonyl (C=O) groups excluding carboxylic acids is 1. The Bertz CT molecular complexity index is 602. The van der Waals surface area contributed by atoms with E-state index in [1.807, 2.05) is 12.1 Å². The predicted octanol–water partition coefficient (Wildman–Crippen LogP) is 3.31. The van der Waals surface area contributed by atoms with Crippen LogP contribution in [0.4, 0.5) is 0 Å². The van der Waals surface area contributed by atoms with Crippen LogP contribution in [0.1, 0.15) is 24.2 Å². The average Bonchev–Trinajstić information content (AvgIpc) is 2.49. The molecule has 0 N–H and O–H groups in total. The Hall–Kier alpha value is -1.65. The van der Waals surface area contributed by atoms with Gasteiger partial charge >= 0.3 is 0 Å². The Labute approximate surface area is 133 Å². The second kappa shape index (κ2) is 6.87. The lowest BCUT2D eigenvalue weighted by molar-refractivity contribution is -0.130. The first-order chi connectivity index (χ1) is 10.0. The summed E-state index contributed by atoms with van der Waals surface area (Å²) in [6, 6.07) is 6.93. The molecule has 0 aliphatic heterocycles.